The molecule has 0 saturated heterocycles. The van der Waals surface area contributed by atoms with Crippen LogP contribution in [0, 0.1) is 6.92 Å². The molecular weight excluding hydrogens is 244 g/mol. The lowest BCUT2D eigenvalue weighted by Crippen LogP contribution is -2.11. The molecule has 1 aromatic heterocycles. The molecule has 19 heavy (non-hydrogen) atoms. The molecule has 6 nitrogen and oxygen atoms in total. The quantitative estimate of drug-likeness (QED) is 0.557. The summed E-state index contributed by atoms with van der Waals surface area (Å²) in [5.74, 6) is 1.52. The van der Waals surface area contributed by atoms with Crippen LogP contribution in [0.1, 0.15) is 25.3 Å². The normalized spacial score (nSPS) is 10.5. The van der Waals surface area contributed by atoms with Crippen molar-refractivity contribution in [3.8, 4) is 0 Å². The molecule has 0 atom stereocenters. The van der Waals surface area contributed by atoms with Crippen LogP contribution in [-0.4, -0.2) is 48.0 Å². The maximum Gasteiger partial charge on any atom is 0.224 e. The Morgan fingerprint density at radius 3 is 2.84 bits per heavy atom. The Bertz CT molecular complexity index is 360. The third kappa shape index (κ3) is 6.35. The van der Waals surface area contributed by atoms with Crippen molar-refractivity contribution in [1.82, 2.24) is 9.97 Å². The molecule has 1 rings (SSSR count). The van der Waals surface area contributed by atoms with Crippen molar-refractivity contribution in [3.05, 3.63) is 11.8 Å². The molecule has 0 aliphatic carbocycles. The number of hydrogen-bond acceptors (Lipinski definition) is 6. The molecular formula is C13H24N4O2. The number of aliphatic hydroxyl groups is 1. The number of hydrogen-bond donors (Lipinski definition) is 3. The third-order valence-electron chi connectivity index (χ3n) is 2.50. The summed E-state index contributed by atoms with van der Waals surface area (Å²) in [6.45, 7) is 6.86. The number of rotatable bonds is 10. The molecule has 0 saturated carbocycles. The first-order chi connectivity index (χ1) is 9.27. The van der Waals surface area contributed by atoms with Crippen molar-refractivity contribution >= 4 is 11.8 Å². The minimum atomic E-state index is 0.0743. The van der Waals surface area contributed by atoms with E-state index in [-0.39, 0.29) is 6.61 Å². The third-order valence-corrected chi connectivity index (χ3v) is 2.50. The summed E-state index contributed by atoms with van der Waals surface area (Å²) in [5, 5.41) is 15.0. The second kappa shape index (κ2) is 9.52. The van der Waals surface area contributed by atoms with Crippen molar-refractivity contribution in [2.75, 3.05) is 43.5 Å². The summed E-state index contributed by atoms with van der Waals surface area (Å²) in [6, 6.07) is 0. The van der Waals surface area contributed by atoms with Gasteiger partial charge in [-0.25, -0.2) is 4.98 Å². The number of nitrogens with one attached hydrogen (secondary N) is 2. The Kier molecular flexibility index (Phi) is 7.84. The maximum atomic E-state index is 8.57. The summed E-state index contributed by atoms with van der Waals surface area (Å²) < 4.78 is 5.19. The van der Waals surface area contributed by atoms with Gasteiger partial charge in [-0.2, -0.15) is 4.98 Å². The average Bonchev–Trinajstić information content (AvgIpc) is 2.43. The van der Waals surface area contributed by atoms with Crippen molar-refractivity contribution in [1.29, 1.82) is 0 Å². The number of nitrogens with zero attached hydrogens (tertiary/aromatic N) is 2. The standard InChI is InChI=1S/C13H24N4O2/c1-3-5-15-13-16-10-11(2)12(17-13)14-6-4-8-19-9-7-18/h10,18H,3-9H2,1-2H3,(H2,14,15,16,17). The lowest BCUT2D eigenvalue weighted by Gasteiger charge is -2.10. The van der Waals surface area contributed by atoms with Crippen molar-refractivity contribution in [2.24, 2.45) is 0 Å². The van der Waals surface area contributed by atoms with Crippen LogP contribution in [0.25, 0.3) is 0 Å². The molecule has 0 unspecified atom stereocenters. The Morgan fingerprint density at radius 2 is 2.11 bits per heavy atom. The number of anilines is 2. The molecule has 108 valence electrons. The molecule has 1 aromatic rings. The first-order valence-corrected chi connectivity index (χ1v) is 6.78. The summed E-state index contributed by atoms with van der Waals surface area (Å²) in [7, 11) is 0. The number of aromatic nitrogens is 2. The molecule has 0 aromatic carbocycles. The van der Waals surface area contributed by atoms with E-state index in [0.29, 0.717) is 19.2 Å². The molecule has 6 heteroatoms. The van der Waals surface area contributed by atoms with Crippen molar-refractivity contribution < 1.29 is 9.84 Å². The molecule has 0 radical (unpaired) electrons. The molecule has 0 spiro atoms. The Morgan fingerprint density at radius 1 is 1.26 bits per heavy atom. The van der Waals surface area contributed by atoms with E-state index < -0.39 is 0 Å². The smallest absolute Gasteiger partial charge is 0.224 e. The van der Waals surface area contributed by atoms with Crippen LogP contribution in [0.5, 0.6) is 0 Å². The largest absolute Gasteiger partial charge is 0.394 e. The van der Waals surface area contributed by atoms with Crippen LogP contribution < -0.4 is 10.6 Å². The van der Waals surface area contributed by atoms with Gasteiger partial charge in [0.1, 0.15) is 5.82 Å². The zero-order valence-corrected chi connectivity index (χ0v) is 11.8. The van der Waals surface area contributed by atoms with Gasteiger partial charge in [0.25, 0.3) is 0 Å². The zero-order chi connectivity index (χ0) is 13.9. The first-order valence-electron chi connectivity index (χ1n) is 6.78. The van der Waals surface area contributed by atoms with E-state index in [1.54, 1.807) is 0 Å². The van der Waals surface area contributed by atoms with Gasteiger partial charge < -0.3 is 20.5 Å². The van der Waals surface area contributed by atoms with Crippen LogP contribution in [0.3, 0.4) is 0 Å². The lowest BCUT2D eigenvalue weighted by atomic mass is 10.3. The fourth-order valence-electron chi connectivity index (χ4n) is 1.49. The number of aryl methyl sites for hydroxylation is 1. The minimum absolute atomic E-state index is 0.0743. The average molecular weight is 268 g/mol. The van der Waals surface area contributed by atoms with Crippen LogP contribution >= 0.6 is 0 Å². The van der Waals surface area contributed by atoms with E-state index in [9.17, 15) is 0 Å². The van der Waals surface area contributed by atoms with Crippen LogP contribution in [0.4, 0.5) is 11.8 Å². The second-order valence-corrected chi connectivity index (χ2v) is 4.27. The highest BCUT2D eigenvalue weighted by Crippen LogP contribution is 2.12. The van der Waals surface area contributed by atoms with Crippen molar-refractivity contribution in [3.63, 3.8) is 0 Å². The van der Waals surface area contributed by atoms with E-state index in [4.69, 9.17) is 9.84 Å². The van der Waals surface area contributed by atoms with Gasteiger partial charge in [0, 0.05) is 31.5 Å². The molecule has 0 fully saturated rings. The van der Waals surface area contributed by atoms with Crippen LogP contribution in [0.2, 0.25) is 0 Å². The Balaban J connectivity index is 2.34. The minimum Gasteiger partial charge on any atom is -0.394 e. The van der Waals surface area contributed by atoms with E-state index >= 15 is 0 Å². The fourth-order valence-corrected chi connectivity index (χ4v) is 1.49. The molecule has 0 aliphatic heterocycles. The SMILES string of the molecule is CCCNc1ncc(C)c(NCCCOCCO)n1. The van der Waals surface area contributed by atoms with E-state index in [0.717, 1.165) is 37.3 Å². The van der Waals surface area contributed by atoms with E-state index in [2.05, 4.69) is 27.5 Å². The molecule has 0 amide bonds. The first kappa shape index (κ1) is 15.7. The number of ether oxygens (including phenoxy) is 1. The van der Waals surface area contributed by atoms with Crippen LogP contribution in [-0.2, 0) is 4.74 Å². The van der Waals surface area contributed by atoms with Crippen molar-refractivity contribution in [2.45, 2.75) is 26.7 Å². The molecule has 3 N–H and O–H groups in total. The highest BCUT2D eigenvalue weighted by atomic mass is 16.5. The highest BCUT2D eigenvalue weighted by Gasteiger charge is 2.02. The van der Waals surface area contributed by atoms with E-state index in [1.807, 2.05) is 13.1 Å². The predicted molar refractivity (Wildman–Crippen MR) is 76.6 cm³/mol. The van der Waals surface area contributed by atoms with Gasteiger partial charge in [0.05, 0.1) is 13.2 Å². The van der Waals surface area contributed by atoms with Gasteiger partial charge in [-0.3, -0.25) is 0 Å². The van der Waals surface area contributed by atoms with Crippen LogP contribution in [0.15, 0.2) is 6.20 Å². The molecule has 0 aliphatic rings. The second-order valence-electron chi connectivity index (χ2n) is 4.27. The lowest BCUT2D eigenvalue weighted by molar-refractivity contribution is 0.0922. The summed E-state index contributed by atoms with van der Waals surface area (Å²) in [5.41, 5.74) is 1.03. The summed E-state index contributed by atoms with van der Waals surface area (Å²) in [4.78, 5) is 8.66. The van der Waals surface area contributed by atoms with Gasteiger partial charge in [-0.15, -0.1) is 0 Å². The fraction of sp³-hybridized carbons (Fsp3) is 0.692. The maximum absolute atomic E-state index is 8.57. The number of aliphatic hydroxyl groups excluding tert-OH is 1. The topological polar surface area (TPSA) is 79.3 Å². The van der Waals surface area contributed by atoms with Gasteiger partial charge >= 0.3 is 0 Å². The molecule has 1 heterocycles. The monoisotopic (exact) mass is 268 g/mol. The predicted octanol–water partition coefficient (Wildman–Crippen LogP) is 1.42. The zero-order valence-electron chi connectivity index (χ0n) is 11.8. The highest BCUT2D eigenvalue weighted by molar-refractivity contribution is 5.46. The van der Waals surface area contributed by atoms with Gasteiger partial charge in [-0.1, -0.05) is 6.92 Å². The Labute approximate surface area is 114 Å². The van der Waals surface area contributed by atoms with Gasteiger partial charge in [0.2, 0.25) is 5.95 Å². The molecule has 0 bridgehead atoms. The van der Waals surface area contributed by atoms with E-state index in [1.165, 1.54) is 0 Å². The van der Waals surface area contributed by atoms with Gasteiger partial charge in [0.15, 0.2) is 0 Å². The summed E-state index contributed by atoms with van der Waals surface area (Å²) in [6.07, 6.45) is 3.74. The van der Waals surface area contributed by atoms with Gasteiger partial charge in [-0.05, 0) is 19.8 Å². The Hall–Kier alpha value is -1.40. The summed E-state index contributed by atoms with van der Waals surface area (Å²) >= 11 is 0.